The van der Waals surface area contributed by atoms with Crippen molar-refractivity contribution in [1.29, 1.82) is 0 Å². The summed E-state index contributed by atoms with van der Waals surface area (Å²) in [5.41, 5.74) is 1.27. The zero-order valence-corrected chi connectivity index (χ0v) is 16.9. The zero-order valence-electron chi connectivity index (χ0n) is 16.0. The van der Waals surface area contributed by atoms with Crippen molar-refractivity contribution < 1.29 is 26.9 Å². The molecule has 0 unspecified atom stereocenters. The fourth-order valence-corrected chi connectivity index (χ4v) is 3.30. The number of benzene rings is 2. The minimum Gasteiger partial charge on any atom is -0.454 e. The summed E-state index contributed by atoms with van der Waals surface area (Å²) in [6.07, 6.45) is 0. The number of nitrogens with zero attached hydrogens (tertiary/aromatic N) is 1. The van der Waals surface area contributed by atoms with E-state index in [1.165, 1.54) is 6.92 Å². The molecule has 0 fully saturated rings. The molecule has 0 atom stereocenters. The predicted molar refractivity (Wildman–Crippen MR) is 104 cm³/mol. The van der Waals surface area contributed by atoms with E-state index in [1.807, 2.05) is 19.9 Å². The van der Waals surface area contributed by atoms with E-state index in [2.05, 4.69) is 0 Å². The predicted octanol–water partition coefficient (Wildman–Crippen LogP) is 3.19. The van der Waals surface area contributed by atoms with Crippen LogP contribution in [0.15, 0.2) is 42.5 Å². The Morgan fingerprint density at radius 2 is 1.89 bits per heavy atom. The van der Waals surface area contributed by atoms with Crippen molar-refractivity contribution in [2.24, 2.45) is 0 Å². The van der Waals surface area contributed by atoms with Gasteiger partial charge in [0.15, 0.2) is 11.5 Å². The van der Waals surface area contributed by atoms with Crippen LogP contribution in [0, 0.1) is 0 Å². The third kappa shape index (κ3) is 4.56. The number of rotatable bonds is 7. The number of carbonyl (C=O) groups is 1. The third-order valence-corrected chi connectivity index (χ3v) is 5.49. The lowest BCUT2D eigenvalue weighted by molar-refractivity contribution is 0.0689. The molecule has 8 heteroatoms. The van der Waals surface area contributed by atoms with Gasteiger partial charge in [-0.25, -0.2) is 0 Å². The fraction of sp³-hybridized carbons (Fsp3) is 0.350. The fourth-order valence-electron chi connectivity index (χ4n) is 2.78. The summed E-state index contributed by atoms with van der Waals surface area (Å²) in [4.78, 5) is 14.8. The quantitative estimate of drug-likeness (QED) is 0.658. The van der Waals surface area contributed by atoms with Gasteiger partial charge in [0.05, 0.1) is 5.75 Å². The first-order valence-electron chi connectivity index (χ1n) is 9.01. The molecule has 0 N–H and O–H groups in total. The van der Waals surface area contributed by atoms with Crippen molar-refractivity contribution in [2.75, 3.05) is 12.5 Å². The Morgan fingerprint density at radius 1 is 1.14 bits per heavy atom. The number of hydrogen-bond acceptors (Lipinski definition) is 6. The highest BCUT2D eigenvalue weighted by Crippen LogP contribution is 2.33. The maximum Gasteiger partial charge on any atom is 0.308 e. The standard InChI is InChI=1S/C20H23NO6S/c1-4-28(23,24)27-17-7-5-6-15(10-17)12-21(14(2)3)20(22)16-8-9-18-19(11-16)26-13-25-18/h5-11,14H,4,12-13H2,1-3H3. The molecule has 1 aliphatic heterocycles. The summed E-state index contributed by atoms with van der Waals surface area (Å²) in [5, 5.41) is 0. The van der Waals surface area contributed by atoms with Gasteiger partial charge in [0.1, 0.15) is 5.75 Å². The number of fused-ring (bicyclic) bond motifs is 1. The van der Waals surface area contributed by atoms with Crippen molar-refractivity contribution in [1.82, 2.24) is 4.90 Å². The summed E-state index contributed by atoms with van der Waals surface area (Å²) in [7, 11) is -3.61. The first-order chi connectivity index (χ1) is 13.3. The van der Waals surface area contributed by atoms with Gasteiger partial charge in [-0.05, 0) is 56.7 Å². The molecule has 0 aliphatic carbocycles. The molecule has 0 aromatic heterocycles. The number of carbonyl (C=O) groups excluding carboxylic acids is 1. The van der Waals surface area contributed by atoms with Gasteiger partial charge >= 0.3 is 10.1 Å². The maximum absolute atomic E-state index is 13.1. The van der Waals surface area contributed by atoms with Crippen molar-refractivity contribution in [3.8, 4) is 17.2 Å². The summed E-state index contributed by atoms with van der Waals surface area (Å²) in [6.45, 7) is 5.83. The van der Waals surface area contributed by atoms with E-state index in [-0.39, 0.29) is 30.2 Å². The monoisotopic (exact) mass is 405 g/mol. The van der Waals surface area contributed by atoms with Crippen LogP contribution in [0.5, 0.6) is 17.2 Å². The van der Waals surface area contributed by atoms with Crippen molar-refractivity contribution in [3.63, 3.8) is 0 Å². The Hall–Kier alpha value is -2.74. The molecular formula is C20H23NO6S. The topological polar surface area (TPSA) is 82.1 Å². The molecule has 0 saturated carbocycles. The van der Waals surface area contributed by atoms with Crippen molar-refractivity contribution >= 4 is 16.0 Å². The van der Waals surface area contributed by atoms with Gasteiger partial charge in [0, 0.05) is 18.2 Å². The van der Waals surface area contributed by atoms with Crippen LogP contribution in [0.1, 0.15) is 36.7 Å². The van der Waals surface area contributed by atoms with Gasteiger partial charge in [-0.15, -0.1) is 0 Å². The van der Waals surface area contributed by atoms with Crippen LogP contribution in [-0.4, -0.2) is 37.8 Å². The molecule has 0 bridgehead atoms. The van der Waals surface area contributed by atoms with Crippen molar-refractivity contribution in [3.05, 3.63) is 53.6 Å². The summed E-state index contributed by atoms with van der Waals surface area (Å²) < 4.78 is 39.1. The van der Waals surface area contributed by atoms with Crippen LogP contribution in [0.3, 0.4) is 0 Å². The Balaban J connectivity index is 1.81. The van der Waals surface area contributed by atoms with Crippen LogP contribution in [-0.2, 0) is 16.7 Å². The molecule has 150 valence electrons. The maximum atomic E-state index is 13.1. The minimum atomic E-state index is -3.61. The molecular weight excluding hydrogens is 382 g/mol. The van der Waals surface area contributed by atoms with E-state index in [9.17, 15) is 13.2 Å². The lowest BCUT2D eigenvalue weighted by Gasteiger charge is -2.27. The normalized spacial score (nSPS) is 12.9. The van der Waals surface area contributed by atoms with Crippen LogP contribution in [0.25, 0.3) is 0 Å². The van der Waals surface area contributed by atoms with E-state index in [1.54, 1.807) is 41.3 Å². The van der Waals surface area contributed by atoms with Crippen LogP contribution in [0.2, 0.25) is 0 Å². The smallest absolute Gasteiger partial charge is 0.308 e. The summed E-state index contributed by atoms with van der Waals surface area (Å²) in [5.74, 6) is 1.14. The van der Waals surface area contributed by atoms with E-state index >= 15 is 0 Å². The van der Waals surface area contributed by atoms with Crippen LogP contribution in [0.4, 0.5) is 0 Å². The molecule has 1 heterocycles. The molecule has 1 amide bonds. The van der Waals surface area contributed by atoms with Gasteiger partial charge < -0.3 is 18.6 Å². The van der Waals surface area contributed by atoms with Gasteiger partial charge in [0.2, 0.25) is 6.79 Å². The van der Waals surface area contributed by atoms with Gasteiger partial charge in [0.25, 0.3) is 5.91 Å². The second kappa shape index (κ2) is 8.10. The Labute approximate surface area is 164 Å². The number of hydrogen-bond donors (Lipinski definition) is 0. The lowest BCUT2D eigenvalue weighted by atomic mass is 10.1. The first-order valence-corrected chi connectivity index (χ1v) is 10.6. The molecule has 0 spiro atoms. The van der Waals surface area contributed by atoms with Gasteiger partial charge in [-0.3, -0.25) is 4.79 Å². The second-order valence-corrected chi connectivity index (χ2v) is 8.53. The molecule has 2 aromatic carbocycles. The molecule has 2 aromatic rings. The van der Waals surface area contributed by atoms with Crippen molar-refractivity contribution in [2.45, 2.75) is 33.4 Å². The molecule has 0 saturated heterocycles. The van der Waals surface area contributed by atoms with Gasteiger partial charge in [-0.1, -0.05) is 12.1 Å². The lowest BCUT2D eigenvalue weighted by Crippen LogP contribution is -2.36. The first kappa shape index (κ1) is 20.0. The molecule has 1 aliphatic rings. The Bertz CT molecular complexity index is 970. The van der Waals surface area contributed by atoms with E-state index < -0.39 is 10.1 Å². The molecule has 0 radical (unpaired) electrons. The molecule has 28 heavy (non-hydrogen) atoms. The Morgan fingerprint density at radius 3 is 2.61 bits per heavy atom. The van der Waals surface area contributed by atoms with E-state index in [0.717, 1.165) is 5.56 Å². The average molecular weight is 405 g/mol. The zero-order chi connectivity index (χ0) is 20.3. The highest BCUT2D eigenvalue weighted by atomic mass is 32.2. The molecule has 7 nitrogen and oxygen atoms in total. The summed E-state index contributed by atoms with van der Waals surface area (Å²) in [6, 6.07) is 11.8. The Kier molecular flexibility index (Phi) is 5.79. The van der Waals surface area contributed by atoms with Crippen LogP contribution < -0.4 is 13.7 Å². The number of amides is 1. The largest absolute Gasteiger partial charge is 0.454 e. The highest BCUT2D eigenvalue weighted by molar-refractivity contribution is 7.87. The summed E-state index contributed by atoms with van der Waals surface area (Å²) >= 11 is 0. The minimum absolute atomic E-state index is 0.0677. The van der Waals surface area contributed by atoms with E-state index in [0.29, 0.717) is 23.6 Å². The van der Waals surface area contributed by atoms with Crippen LogP contribution >= 0.6 is 0 Å². The highest BCUT2D eigenvalue weighted by Gasteiger charge is 2.22. The SMILES string of the molecule is CCS(=O)(=O)Oc1cccc(CN(C(=O)c2ccc3c(c2)OCO3)C(C)C)c1. The molecule has 3 rings (SSSR count). The van der Waals surface area contributed by atoms with Gasteiger partial charge in [-0.2, -0.15) is 8.42 Å². The third-order valence-electron chi connectivity index (χ3n) is 4.33. The number of ether oxygens (including phenoxy) is 2. The average Bonchev–Trinajstić information content (AvgIpc) is 3.13. The van der Waals surface area contributed by atoms with E-state index in [4.69, 9.17) is 13.7 Å². The second-order valence-electron chi connectivity index (χ2n) is 6.67.